The van der Waals surface area contributed by atoms with Gasteiger partial charge in [-0.3, -0.25) is 10.1 Å². The largest absolute Gasteiger partial charge is 0.399 e. The number of nitrogen functional groups attached to an aromatic ring is 1. The number of sulfonamides is 1. The lowest BCUT2D eigenvalue weighted by Crippen LogP contribution is -2.28. The van der Waals surface area contributed by atoms with Crippen molar-refractivity contribution in [1.82, 2.24) is 4.31 Å². The molecule has 0 saturated carbocycles. The number of hydrogen-bond acceptors (Lipinski definition) is 5. The molecule has 1 aromatic carbocycles. The van der Waals surface area contributed by atoms with Crippen LogP contribution in [0.1, 0.15) is 26.2 Å². The number of nitro benzene ring substituents is 1. The van der Waals surface area contributed by atoms with E-state index in [0.29, 0.717) is 13.0 Å². The molecule has 0 fully saturated rings. The second-order valence-corrected chi connectivity index (χ2v) is 6.53. The zero-order valence-corrected chi connectivity index (χ0v) is 12.4. The Morgan fingerprint density at radius 3 is 2.55 bits per heavy atom. The third-order valence-corrected chi connectivity index (χ3v) is 4.83. The molecule has 112 valence electrons. The van der Waals surface area contributed by atoms with Gasteiger partial charge in [0, 0.05) is 25.3 Å². The van der Waals surface area contributed by atoms with Crippen LogP contribution < -0.4 is 5.73 Å². The van der Waals surface area contributed by atoms with Gasteiger partial charge in [0.05, 0.1) is 4.92 Å². The molecule has 0 atom stereocenters. The molecule has 1 aromatic rings. The lowest BCUT2D eigenvalue weighted by molar-refractivity contribution is -0.387. The number of unbranched alkanes of at least 4 members (excludes halogenated alkanes) is 2. The Bertz CT molecular complexity index is 586. The Labute approximate surface area is 118 Å². The van der Waals surface area contributed by atoms with Crippen molar-refractivity contribution in [3.63, 3.8) is 0 Å². The van der Waals surface area contributed by atoms with Crippen LogP contribution in [0.4, 0.5) is 11.4 Å². The van der Waals surface area contributed by atoms with Gasteiger partial charge in [-0.15, -0.1) is 0 Å². The maximum atomic E-state index is 12.4. The second kappa shape index (κ2) is 6.67. The van der Waals surface area contributed by atoms with Crippen molar-refractivity contribution in [2.45, 2.75) is 31.1 Å². The first kappa shape index (κ1) is 16.4. The SMILES string of the molecule is CCCCCN(C)S(=O)(=O)c1cc(N)ccc1[N+](=O)[O-]. The van der Waals surface area contributed by atoms with E-state index in [1.165, 1.54) is 13.1 Å². The monoisotopic (exact) mass is 301 g/mol. The van der Waals surface area contributed by atoms with E-state index >= 15 is 0 Å². The highest BCUT2D eigenvalue weighted by Gasteiger charge is 2.29. The number of benzene rings is 1. The molecule has 1 rings (SSSR count). The van der Waals surface area contributed by atoms with E-state index in [1.54, 1.807) is 0 Å². The van der Waals surface area contributed by atoms with Gasteiger partial charge in [-0.05, 0) is 18.6 Å². The van der Waals surface area contributed by atoms with E-state index in [2.05, 4.69) is 0 Å². The number of nitro groups is 1. The summed E-state index contributed by atoms with van der Waals surface area (Å²) in [5.41, 5.74) is 5.26. The minimum Gasteiger partial charge on any atom is -0.399 e. The molecule has 0 aliphatic heterocycles. The van der Waals surface area contributed by atoms with Crippen molar-refractivity contribution in [1.29, 1.82) is 0 Å². The first-order valence-electron chi connectivity index (χ1n) is 6.31. The number of rotatable bonds is 7. The normalized spacial score (nSPS) is 11.8. The summed E-state index contributed by atoms with van der Waals surface area (Å²) in [6, 6.07) is 3.56. The Kier molecular flexibility index (Phi) is 5.46. The van der Waals surface area contributed by atoms with E-state index in [9.17, 15) is 18.5 Å². The van der Waals surface area contributed by atoms with Crippen molar-refractivity contribution >= 4 is 21.4 Å². The average Bonchev–Trinajstić information content (AvgIpc) is 2.38. The maximum Gasteiger partial charge on any atom is 0.289 e. The van der Waals surface area contributed by atoms with Gasteiger partial charge in [-0.25, -0.2) is 12.7 Å². The van der Waals surface area contributed by atoms with E-state index in [-0.39, 0.29) is 10.6 Å². The minimum absolute atomic E-state index is 0.177. The number of hydrogen-bond donors (Lipinski definition) is 1. The highest BCUT2D eigenvalue weighted by atomic mass is 32.2. The van der Waals surface area contributed by atoms with Crippen LogP contribution in [0.5, 0.6) is 0 Å². The molecule has 20 heavy (non-hydrogen) atoms. The number of nitrogens with two attached hydrogens (primary N) is 1. The first-order valence-corrected chi connectivity index (χ1v) is 7.75. The topological polar surface area (TPSA) is 107 Å². The maximum absolute atomic E-state index is 12.4. The molecule has 0 heterocycles. The smallest absolute Gasteiger partial charge is 0.289 e. The zero-order valence-electron chi connectivity index (χ0n) is 11.6. The number of nitrogens with zero attached hydrogens (tertiary/aromatic N) is 2. The Morgan fingerprint density at radius 2 is 2.00 bits per heavy atom. The van der Waals surface area contributed by atoms with E-state index < -0.39 is 20.6 Å². The van der Waals surface area contributed by atoms with Gasteiger partial charge in [0.2, 0.25) is 10.0 Å². The summed E-state index contributed by atoms with van der Waals surface area (Å²) in [6.07, 6.45) is 2.58. The molecule has 0 aliphatic rings. The van der Waals surface area contributed by atoms with Crippen LogP contribution in [-0.2, 0) is 10.0 Å². The van der Waals surface area contributed by atoms with E-state index in [0.717, 1.165) is 29.3 Å². The average molecular weight is 301 g/mol. The molecule has 0 saturated heterocycles. The molecular formula is C12H19N3O4S. The minimum atomic E-state index is -3.91. The third kappa shape index (κ3) is 3.67. The lowest BCUT2D eigenvalue weighted by atomic mass is 10.2. The van der Waals surface area contributed by atoms with Crippen molar-refractivity contribution in [2.24, 2.45) is 0 Å². The van der Waals surface area contributed by atoms with Crippen LogP contribution in [0.3, 0.4) is 0 Å². The predicted octanol–water partition coefficient (Wildman–Crippen LogP) is 1.99. The van der Waals surface area contributed by atoms with Gasteiger partial charge in [-0.2, -0.15) is 0 Å². The van der Waals surface area contributed by atoms with Crippen LogP contribution in [0.2, 0.25) is 0 Å². The Morgan fingerprint density at radius 1 is 1.35 bits per heavy atom. The van der Waals surface area contributed by atoms with Crippen LogP contribution in [-0.4, -0.2) is 31.2 Å². The molecule has 0 spiro atoms. The quantitative estimate of drug-likeness (QED) is 0.359. The fourth-order valence-electron chi connectivity index (χ4n) is 1.76. The van der Waals surface area contributed by atoms with Gasteiger partial charge >= 0.3 is 0 Å². The second-order valence-electron chi connectivity index (χ2n) is 4.52. The summed E-state index contributed by atoms with van der Waals surface area (Å²) in [4.78, 5) is 9.87. The molecule has 0 bridgehead atoms. The van der Waals surface area contributed by atoms with E-state index in [1.807, 2.05) is 6.92 Å². The molecule has 0 aliphatic carbocycles. The molecule has 0 unspecified atom stereocenters. The molecule has 0 amide bonds. The first-order chi connectivity index (χ1) is 9.30. The summed E-state index contributed by atoms with van der Waals surface area (Å²) in [5, 5.41) is 10.9. The molecule has 0 radical (unpaired) electrons. The van der Waals surface area contributed by atoms with Crippen LogP contribution in [0.25, 0.3) is 0 Å². The molecular weight excluding hydrogens is 282 g/mol. The standard InChI is InChI=1S/C12H19N3O4S/c1-3-4-5-8-14(2)20(18,19)12-9-10(13)6-7-11(12)15(16)17/h6-7,9H,3-5,8,13H2,1-2H3. The predicted molar refractivity (Wildman–Crippen MR) is 76.8 cm³/mol. The lowest BCUT2D eigenvalue weighted by Gasteiger charge is -2.17. The van der Waals surface area contributed by atoms with Crippen LogP contribution in [0, 0.1) is 10.1 Å². The fourth-order valence-corrected chi connectivity index (χ4v) is 3.16. The Balaban J connectivity index is 3.14. The number of anilines is 1. The van der Waals surface area contributed by atoms with Gasteiger partial charge < -0.3 is 5.73 Å². The summed E-state index contributed by atoms with van der Waals surface area (Å²) in [7, 11) is -2.49. The molecule has 8 heteroatoms. The van der Waals surface area contributed by atoms with Crippen molar-refractivity contribution < 1.29 is 13.3 Å². The highest BCUT2D eigenvalue weighted by molar-refractivity contribution is 7.89. The van der Waals surface area contributed by atoms with E-state index in [4.69, 9.17) is 5.73 Å². The summed E-state index contributed by atoms with van der Waals surface area (Å²) < 4.78 is 25.9. The van der Waals surface area contributed by atoms with Crippen LogP contribution >= 0.6 is 0 Å². The van der Waals surface area contributed by atoms with Crippen molar-refractivity contribution in [3.05, 3.63) is 28.3 Å². The summed E-state index contributed by atoms with van der Waals surface area (Å²) >= 11 is 0. The van der Waals surface area contributed by atoms with Crippen molar-refractivity contribution in [3.8, 4) is 0 Å². The highest BCUT2D eigenvalue weighted by Crippen LogP contribution is 2.28. The molecule has 7 nitrogen and oxygen atoms in total. The van der Waals surface area contributed by atoms with Gasteiger partial charge in [0.25, 0.3) is 5.69 Å². The van der Waals surface area contributed by atoms with Crippen LogP contribution in [0.15, 0.2) is 23.1 Å². The zero-order chi connectivity index (χ0) is 15.3. The van der Waals surface area contributed by atoms with Gasteiger partial charge in [0.15, 0.2) is 4.90 Å². The molecule has 2 N–H and O–H groups in total. The van der Waals surface area contributed by atoms with Gasteiger partial charge in [0.1, 0.15) is 0 Å². The van der Waals surface area contributed by atoms with Gasteiger partial charge in [-0.1, -0.05) is 19.8 Å². The third-order valence-electron chi connectivity index (χ3n) is 2.95. The fraction of sp³-hybridized carbons (Fsp3) is 0.500. The van der Waals surface area contributed by atoms with Crippen molar-refractivity contribution in [2.75, 3.05) is 19.3 Å². The Hall–Kier alpha value is -1.67. The summed E-state index contributed by atoms with van der Waals surface area (Å²) in [6.45, 7) is 2.33. The molecule has 0 aromatic heterocycles. The summed E-state index contributed by atoms with van der Waals surface area (Å²) in [5.74, 6) is 0.